The summed E-state index contributed by atoms with van der Waals surface area (Å²) in [6, 6.07) is 0. The molecule has 0 saturated heterocycles. The highest BCUT2D eigenvalue weighted by Gasteiger charge is 2.59. The number of allylic oxidation sites excluding steroid dienone is 2. The number of rotatable bonds is 2. The first-order valence-electron chi connectivity index (χ1n) is 10.9. The van der Waals surface area contributed by atoms with Crippen molar-refractivity contribution in [3.8, 4) is 0 Å². The van der Waals surface area contributed by atoms with Crippen LogP contribution in [0.5, 0.6) is 0 Å². The van der Waals surface area contributed by atoms with Crippen molar-refractivity contribution < 1.29 is 14.7 Å². The Morgan fingerprint density at radius 2 is 1.93 bits per heavy atom. The summed E-state index contributed by atoms with van der Waals surface area (Å²) in [6.45, 7) is 8.42. The monoisotopic (exact) mass is 373 g/mol. The summed E-state index contributed by atoms with van der Waals surface area (Å²) in [4.78, 5) is 11.4. The Morgan fingerprint density at radius 1 is 1.15 bits per heavy atom. The lowest BCUT2D eigenvalue weighted by atomic mass is 9.44. The first-order valence-corrected chi connectivity index (χ1v) is 10.9. The van der Waals surface area contributed by atoms with Crippen LogP contribution in [0.25, 0.3) is 0 Å². The molecule has 0 amide bonds. The first-order chi connectivity index (χ1) is 12.8. The van der Waals surface area contributed by atoms with Crippen LogP contribution >= 0.6 is 0 Å². The van der Waals surface area contributed by atoms with E-state index < -0.39 is 0 Å². The van der Waals surface area contributed by atoms with Gasteiger partial charge in [0.1, 0.15) is 6.10 Å². The van der Waals surface area contributed by atoms with E-state index in [9.17, 15) is 10.0 Å². The number of fused-ring (bicyclic) bond motifs is 5. The number of nitrogens with zero attached hydrogens (tertiary/aromatic N) is 1. The molecule has 6 unspecified atom stereocenters. The van der Waals surface area contributed by atoms with E-state index in [4.69, 9.17) is 4.74 Å². The minimum absolute atomic E-state index is 0.129. The van der Waals surface area contributed by atoms with Gasteiger partial charge in [-0.1, -0.05) is 25.1 Å². The molecule has 4 nitrogen and oxygen atoms in total. The molecule has 3 saturated carbocycles. The molecule has 27 heavy (non-hydrogen) atoms. The third-order valence-corrected chi connectivity index (χ3v) is 9.07. The summed E-state index contributed by atoms with van der Waals surface area (Å²) in [6.07, 6.45) is 11.9. The molecule has 4 aliphatic carbocycles. The average Bonchev–Trinajstić information content (AvgIpc) is 2.98. The highest BCUT2D eigenvalue weighted by molar-refractivity contribution is 5.99. The molecule has 4 rings (SSSR count). The molecule has 0 aromatic rings. The molecule has 0 bridgehead atoms. The molecule has 0 radical (unpaired) electrons. The van der Waals surface area contributed by atoms with E-state index in [0.29, 0.717) is 17.3 Å². The van der Waals surface area contributed by atoms with Crippen LogP contribution in [0.15, 0.2) is 16.8 Å². The number of carbonyl (C=O) groups excluding carboxylic acids is 1. The quantitative estimate of drug-likeness (QED) is 0.307. The molecule has 0 aromatic heterocycles. The van der Waals surface area contributed by atoms with E-state index in [1.54, 1.807) is 0 Å². The van der Waals surface area contributed by atoms with Crippen LogP contribution in [-0.2, 0) is 9.53 Å². The Kier molecular flexibility index (Phi) is 4.67. The fourth-order valence-corrected chi connectivity index (χ4v) is 7.74. The highest BCUT2D eigenvalue weighted by Crippen LogP contribution is 2.66. The summed E-state index contributed by atoms with van der Waals surface area (Å²) >= 11 is 0. The number of carbonyl (C=O) groups is 1. The average molecular weight is 374 g/mol. The number of hydrogen-bond donors (Lipinski definition) is 1. The summed E-state index contributed by atoms with van der Waals surface area (Å²) in [7, 11) is 0. The Bertz CT molecular complexity index is 683. The van der Waals surface area contributed by atoms with Crippen molar-refractivity contribution in [3.05, 3.63) is 11.6 Å². The zero-order chi connectivity index (χ0) is 19.4. The molecule has 4 heteroatoms. The minimum atomic E-state index is -0.129. The number of hydrogen-bond acceptors (Lipinski definition) is 4. The van der Waals surface area contributed by atoms with Crippen LogP contribution in [0.2, 0.25) is 0 Å². The van der Waals surface area contributed by atoms with Gasteiger partial charge < -0.3 is 9.94 Å². The predicted molar refractivity (Wildman–Crippen MR) is 106 cm³/mol. The van der Waals surface area contributed by atoms with Gasteiger partial charge in [-0.05, 0) is 98.4 Å². The second-order valence-electron chi connectivity index (χ2n) is 10.2. The Labute approximate surface area is 163 Å². The zero-order valence-electron chi connectivity index (χ0n) is 17.3. The van der Waals surface area contributed by atoms with E-state index in [0.717, 1.165) is 36.8 Å². The predicted octanol–water partition coefficient (Wildman–Crippen LogP) is 5.35. The lowest BCUT2D eigenvalue weighted by Gasteiger charge is -2.60. The summed E-state index contributed by atoms with van der Waals surface area (Å²) in [5, 5.41) is 12.9. The topological polar surface area (TPSA) is 58.9 Å². The zero-order valence-corrected chi connectivity index (χ0v) is 17.3. The fraction of sp³-hybridized carbons (Fsp3) is 0.826. The van der Waals surface area contributed by atoms with E-state index in [-0.39, 0.29) is 17.5 Å². The molecule has 3 fully saturated rings. The normalized spacial score (nSPS) is 46.7. The van der Waals surface area contributed by atoms with Gasteiger partial charge in [0, 0.05) is 6.92 Å². The van der Waals surface area contributed by atoms with Crippen LogP contribution in [0.1, 0.15) is 79.1 Å². The Hall–Kier alpha value is -1.32. The molecule has 0 spiro atoms. The molecule has 0 aliphatic heterocycles. The summed E-state index contributed by atoms with van der Waals surface area (Å²) in [5.41, 5.74) is 2.67. The van der Waals surface area contributed by atoms with Crippen molar-refractivity contribution in [1.82, 2.24) is 0 Å². The molecule has 7 atom stereocenters. The molecule has 150 valence electrons. The lowest BCUT2D eigenvalue weighted by Crippen LogP contribution is -2.54. The van der Waals surface area contributed by atoms with Crippen molar-refractivity contribution in [2.75, 3.05) is 0 Å². The van der Waals surface area contributed by atoms with E-state index >= 15 is 0 Å². The number of oxime groups is 1. The van der Waals surface area contributed by atoms with Crippen LogP contribution < -0.4 is 0 Å². The van der Waals surface area contributed by atoms with Gasteiger partial charge in [-0.3, -0.25) is 4.79 Å². The van der Waals surface area contributed by atoms with Gasteiger partial charge in [-0.2, -0.15) is 0 Å². The van der Waals surface area contributed by atoms with Crippen molar-refractivity contribution in [2.45, 2.75) is 85.2 Å². The molecule has 4 aliphatic rings. The largest absolute Gasteiger partial charge is 0.463 e. The second kappa shape index (κ2) is 6.63. The third kappa shape index (κ3) is 2.86. The van der Waals surface area contributed by atoms with Gasteiger partial charge in [-0.15, -0.1) is 0 Å². The maximum absolute atomic E-state index is 11.4. The van der Waals surface area contributed by atoms with Gasteiger partial charge in [0.05, 0.1) is 5.71 Å². The van der Waals surface area contributed by atoms with Gasteiger partial charge in [0.25, 0.3) is 0 Å². The molecule has 0 heterocycles. The maximum Gasteiger partial charge on any atom is 0.302 e. The number of ether oxygens (including phenoxy) is 1. The first kappa shape index (κ1) is 19.0. The van der Waals surface area contributed by atoms with E-state index in [1.165, 1.54) is 44.6 Å². The molecule has 1 N–H and O–H groups in total. The smallest absolute Gasteiger partial charge is 0.302 e. The lowest BCUT2D eigenvalue weighted by molar-refractivity contribution is -0.158. The van der Waals surface area contributed by atoms with Crippen molar-refractivity contribution >= 4 is 11.7 Å². The minimum Gasteiger partial charge on any atom is -0.463 e. The summed E-state index contributed by atoms with van der Waals surface area (Å²) < 4.78 is 5.58. The van der Waals surface area contributed by atoms with Crippen LogP contribution in [0.3, 0.4) is 0 Å². The Balaban J connectivity index is 1.54. The van der Waals surface area contributed by atoms with Crippen molar-refractivity contribution in [2.24, 2.45) is 39.7 Å². The van der Waals surface area contributed by atoms with Crippen LogP contribution in [0, 0.1) is 34.5 Å². The van der Waals surface area contributed by atoms with Gasteiger partial charge >= 0.3 is 5.97 Å². The van der Waals surface area contributed by atoms with Crippen LogP contribution in [-0.4, -0.2) is 23.0 Å². The number of esters is 1. The van der Waals surface area contributed by atoms with Crippen molar-refractivity contribution in [3.63, 3.8) is 0 Å². The molecular formula is C23H35NO3. The summed E-state index contributed by atoms with van der Waals surface area (Å²) in [5.74, 6) is 2.81. The van der Waals surface area contributed by atoms with E-state index in [2.05, 4.69) is 25.1 Å². The van der Waals surface area contributed by atoms with Crippen molar-refractivity contribution in [1.29, 1.82) is 0 Å². The fourth-order valence-electron chi connectivity index (χ4n) is 7.74. The second-order valence-corrected chi connectivity index (χ2v) is 10.2. The SMILES string of the molecule is CC(=O)OC1CCC2(C)C3CCC4(C)C(/C(C)=N\O)=CCC4C3CC[C@@H]2C1. The van der Waals surface area contributed by atoms with E-state index in [1.807, 2.05) is 6.92 Å². The van der Waals surface area contributed by atoms with Gasteiger partial charge in [0.2, 0.25) is 0 Å². The Morgan fingerprint density at radius 3 is 2.63 bits per heavy atom. The van der Waals surface area contributed by atoms with Gasteiger partial charge in [-0.25, -0.2) is 0 Å². The highest BCUT2D eigenvalue weighted by atomic mass is 16.5. The molecular weight excluding hydrogens is 338 g/mol. The van der Waals surface area contributed by atoms with Crippen LogP contribution in [0.4, 0.5) is 0 Å². The third-order valence-electron chi connectivity index (χ3n) is 9.07. The molecule has 0 aromatic carbocycles. The standard InChI is InChI=1S/C23H35NO3/c1-14(24-26)19-7-8-20-18-6-5-16-13-17(27-15(2)25)9-11-22(16,3)21(18)10-12-23(19,20)4/h7,16-18,20-21,26H,5-6,8-13H2,1-4H3/b24-14-/t16-,17?,18?,20?,21?,22?,23?/m1/s1. The van der Waals surface area contributed by atoms with Gasteiger partial charge in [0.15, 0.2) is 0 Å². The maximum atomic E-state index is 11.4.